The van der Waals surface area contributed by atoms with Gasteiger partial charge in [0, 0.05) is 25.3 Å². The molecule has 0 bridgehead atoms. The number of nitrogens with two attached hydrogens (primary N) is 1. The fraction of sp³-hybridized carbons (Fsp3) is 0.278. The molecule has 2 aromatic rings. The number of nitrogens with one attached hydrogen (secondary N) is 1. The molecule has 0 aliphatic rings. The summed E-state index contributed by atoms with van der Waals surface area (Å²) in [5.74, 6) is 0.378. The quantitative estimate of drug-likeness (QED) is 0.717. The van der Waals surface area contributed by atoms with Crippen LogP contribution in [0.1, 0.15) is 18.0 Å². The molecular formula is C18H21ClN2O3. The van der Waals surface area contributed by atoms with E-state index in [1.807, 2.05) is 30.3 Å². The lowest BCUT2D eigenvalue weighted by Crippen LogP contribution is -2.20. The lowest BCUT2D eigenvalue weighted by molar-refractivity contribution is -0.116. The van der Waals surface area contributed by atoms with Gasteiger partial charge in [-0.1, -0.05) is 41.9 Å². The Morgan fingerprint density at radius 2 is 1.96 bits per heavy atom. The van der Waals surface area contributed by atoms with Gasteiger partial charge in [0.1, 0.15) is 12.4 Å². The highest BCUT2D eigenvalue weighted by molar-refractivity contribution is 6.32. The summed E-state index contributed by atoms with van der Waals surface area (Å²) in [7, 11) is 1.60. The molecule has 1 unspecified atom stereocenters. The van der Waals surface area contributed by atoms with Crippen LogP contribution in [0.15, 0.2) is 48.5 Å². The summed E-state index contributed by atoms with van der Waals surface area (Å²) < 4.78 is 10.4. The standard InChI is InChI=1S/C18H21ClN2O3/c1-23-9-10-24-17-8-7-14(11-15(17)19)21-18(22)12-16(20)13-5-3-2-4-6-13/h2-8,11,16H,9-10,12,20H2,1H3,(H,21,22). The molecule has 3 N–H and O–H groups in total. The van der Waals surface area contributed by atoms with Crippen molar-refractivity contribution in [3.05, 3.63) is 59.1 Å². The zero-order valence-corrected chi connectivity index (χ0v) is 14.3. The number of hydrogen-bond donors (Lipinski definition) is 2. The van der Waals surface area contributed by atoms with E-state index in [1.165, 1.54) is 0 Å². The predicted molar refractivity (Wildman–Crippen MR) is 95.4 cm³/mol. The molecule has 0 aliphatic carbocycles. The molecule has 0 radical (unpaired) electrons. The third kappa shape index (κ3) is 5.53. The third-order valence-electron chi connectivity index (χ3n) is 3.39. The molecular weight excluding hydrogens is 328 g/mol. The molecule has 24 heavy (non-hydrogen) atoms. The number of halogens is 1. The van der Waals surface area contributed by atoms with Gasteiger partial charge in [0.05, 0.1) is 11.6 Å². The Labute approximate surface area is 146 Å². The van der Waals surface area contributed by atoms with Gasteiger partial charge in [-0.25, -0.2) is 0 Å². The number of rotatable bonds is 8. The summed E-state index contributed by atoms with van der Waals surface area (Å²) in [6, 6.07) is 14.3. The molecule has 6 heteroatoms. The zero-order valence-electron chi connectivity index (χ0n) is 13.5. The first-order valence-electron chi connectivity index (χ1n) is 7.62. The van der Waals surface area contributed by atoms with Crippen molar-refractivity contribution >= 4 is 23.2 Å². The lowest BCUT2D eigenvalue weighted by Gasteiger charge is -2.13. The van der Waals surface area contributed by atoms with Crippen LogP contribution >= 0.6 is 11.6 Å². The second kappa shape index (κ2) is 9.27. The average Bonchev–Trinajstić information content (AvgIpc) is 2.57. The Balaban J connectivity index is 1.90. The van der Waals surface area contributed by atoms with Gasteiger partial charge in [0.2, 0.25) is 5.91 Å². The Bertz CT molecular complexity index is 665. The van der Waals surface area contributed by atoms with Crippen LogP contribution in [-0.2, 0) is 9.53 Å². The zero-order chi connectivity index (χ0) is 17.4. The topological polar surface area (TPSA) is 73.6 Å². The van der Waals surface area contributed by atoms with E-state index in [0.29, 0.717) is 29.7 Å². The first-order chi connectivity index (χ1) is 11.6. The van der Waals surface area contributed by atoms with Gasteiger partial charge in [-0.15, -0.1) is 0 Å². The van der Waals surface area contributed by atoms with Crippen LogP contribution in [0.2, 0.25) is 5.02 Å². The smallest absolute Gasteiger partial charge is 0.226 e. The maximum absolute atomic E-state index is 12.1. The van der Waals surface area contributed by atoms with Gasteiger partial charge in [-0.05, 0) is 23.8 Å². The van der Waals surface area contributed by atoms with Crippen LogP contribution in [0.25, 0.3) is 0 Å². The fourth-order valence-corrected chi connectivity index (χ4v) is 2.40. The van der Waals surface area contributed by atoms with E-state index < -0.39 is 0 Å². The molecule has 0 heterocycles. The molecule has 2 aromatic carbocycles. The van der Waals surface area contributed by atoms with E-state index in [0.717, 1.165) is 5.56 Å². The molecule has 0 spiro atoms. The second-order valence-corrected chi connectivity index (χ2v) is 5.66. The van der Waals surface area contributed by atoms with Crippen molar-refractivity contribution in [3.8, 4) is 5.75 Å². The van der Waals surface area contributed by atoms with E-state index in [2.05, 4.69) is 5.32 Å². The SMILES string of the molecule is COCCOc1ccc(NC(=O)CC(N)c2ccccc2)cc1Cl. The Morgan fingerprint density at radius 3 is 2.62 bits per heavy atom. The number of methoxy groups -OCH3 is 1. The minimum absolute atomic E-state index is 0.171. The van der Waals surface area contributed by atoms with Crippen molar-refractivity contribution in [3.63, 3.8) is 0 Å². The molecule has 5 nitrogen and oxygen atoms in total. The van der Waals surface area contributed by atoms with Gasteiger partial charge in [-0.3, -0.25) is 4.79 Å². The molecule has 1 atom stereocenters. The Hall–Kier alpha value is -2.08. The maximum Gasteiger partial charge on any atom is 0.226 e. The highest BCUT2D eigenvalue weighted by atomic mass is 35.5. The van der Waals surface area contributed by atoms with Gasteiger partial charge in [0.15, 0.2) is 0 Å². The van der Waals surface area contributed by atoms with Crippen molar-refractivity contribution in [1.82, 2.24) is 0 Å². The third-order valence-corrected chi connectivity index (χ3v) is 3.69. The van der Waals surface area contributed by atoms with Crippen molar-refractivity contribution in [2.24, 2.45) is 5.73 Å². The molecule has 128 valence electrons. The summed E-state index contributed by atoms with van der Waals surface area (Å²) in [6.07, 6.45) is 0.188. The predicted octanol–water partition coefficient (Wildman–Crippen LogP) is 3.39. The van der Waals surface area contributed by atoms with Crippen LogP contribution in [-0.4, -0.2) is 26.2 Å². The minimum Gasteiger partial charge on any atom is -0.490 e. The van der Waals surface area contributed by atoms with Crippen LogP contribution < -0.4 is 15.8 Å². The number of ether oxygens (including phenoxy) is 2. The number of amides is 1. The largest absolute Gasteiger partial charge is 0.490 e. The molecule has 0 aliphatic heterocycles. The molecule has 0 fully saturated rings. The fourth-order valence-electron chi connectivity index (χ4n) is 2.16. The molecule has 0 aromatic heterocycles. The Morgan fingerprint density at radius 1 is 1.21 bits per heavy atom. The number of carbonyl (C=O) groups is 1. The van der Waals surface area contributed by atoms with Gasteiger partial charge in [0.25, 0.3) is 0 Å². The minimum atomic E-state index is -0.349. The summed E-state index contributed by atoms with van der Waals surface area (Å²) in [5.41, 5.74) is 7.58. The monoisotopic (exact) mass is 348 g/mol. The maximum atomic E-state index is 12.1. The van der Waals surface area contributed by atoms with Crippen molar-refractivity contribution in [2.45, 2.75) is 12.5 Å². The highest BCUT2D eigenvalue weighted by Gasteiger charge is 2.12. The normalized spacial score (nSPS) is 11.8. The number of hydrogen-bond acceptors (Lipinski definition) is 4. The summed E-state index contributed by atoms with van der Waals surface area (Å²) >= 11 is 6.15. The number of anilines is 1. The molecule has 2 rings (SSSR count). The van der Waals surface area contributed by atoms with Crippen LogP contribution in [0, 0.1) is 0 Å². The summed E-state index contributed by atoms with van der Waals surface area (Å²) in [5, 5.41) is 3.22. The van der Waals surface area contributed by atoms with E-state index in [1.54, 1.807) is 25.3 Å². The van der Waals surface area contributed by atoms with Crippen LogP contribution in [0.5, 0.6) is 5.75 Å². The lowest BCUT2D eigenvalue weighted by atomic mass is 10.0. The van der Waals surface area contributed by atoms with Crippen molar-refractivity contribution in [2.75, 3.05) is 25.6 Å². The summed E-state index contributed by atoms with van der Waals surface area (Å²) in [6.45, 7) is 0.889. The van der Waals surface area contributed by atoms with Crippen LogP contribution in [0.4, 0.5) is 5.69 Å². The molecule has 0 saturated carbocycles. The van der Waals surface area contributed by atoms with E-state index >= 15 is 0 Å². The van der Waals surface area contributed by atoms with Crippen molar-refractivity contribution in [1.29, 1.82) is 0 Å². The van der Waals surface area contributed by atoms with Crippen LogP contribution in [0.3, 0.4) is 0 Å². The summed E-state index contributed by atoms with van der Waals surface area (Å²) in [4.78, 5) is 12.1. The van der Waals surface area contributed by atoms with E-state index in [9.17, 15) is 4.79 Å². The second-order valence-electron chi connectivity index (χ2n) is 5.26. The molecule has 1 amide bonds. The highest BCUT2D eigenvalue weighted by Crippen LogP contribution is 2.28. The molecule has 0 saturated heterocycles. The van der Waals surface area contributed by atoms with Gasteiger partial charge >= 0.3 is 0 Å². The van der Waals surface area contributed by atoms with E-state index in [4.69, 9.17) is 26.8 Å². The van der Waals surface area contributed by atoms with Gasteiger partial charge < -0.3 is 20.5 Å². The first-order valence-corrected chi connectivity index (χ1v) is 7.99. The average molecular weight is 349 g/mol. The van der Waals surface area contributed by atoms with E-state index in [-0.39, 0.29) is 18.4 Å². The number of benzene rings is 2. The number of carbonyl (C=O) groups excluding carboxylic acids is 1. The van der Waals surface area contributed by atoms with Crippen molar-refractivity contribution < 1.29 is 14.3 Å². The first kappa shape index (κ1) is 18.3. The van der Waals surface area contributed by atoms with Gasteiger partial charge in [-0.2, -0.15) is 0 Å². The Kier molecular flexibility index (Phi) is 7.06.